The number of sulfonamides is 1. The van der Waals surface area contributed by atoms with Gasteiger partial charge in [0.1, 0.15) is 6.04 Å². The average molecular weight is 624 g/mol. The van der Waals surface area contributed by atoms with Gasteiger partial charge in [0.15, 0.2) is 5.12 Å². The van der Waals surface area contributed by atoms with Crippen LogP contribution in [0.2, 0.25) is 0 Å². The first kappa shape index (κ1) is 31.9. The van der Waals surface area contributed by atoms with Crippen molar-refractivity contribution in [1.29, 1.82) is 0 Å². The predicted molar refractivity (Wildman–Crippen MR) is 165 cm³/mol. The Kier molecular flexibility index (Phi) is 10.0. The first-order valence-corrected chi connectivity index (χ1v) is 15.8. The molecule has 1 saturated heterocycles. The van der Waals surface area contributed by atoms with Gasteiger partial charge in [0.25, 0.3) is 0 Å². The van der Waals surface area contributed by atoms with E-state index in [1.807, 2.05) is 30.3 Å². The Hall–Kier alpha value is -4.00. The number of carbonyl (C=O) groups is 4. The van der Waals surface area contributed by atoms with E-state index >= 15 is 0 Å². The van der Waals surface area contributed by atoms with Crippen molar-refractivity contribution in [1.82, 2.24) is 9.21 Å². The Balaban J connectivity index is 1.52. The molecule has 0 saturated carbocycles. The molecule has 3 aromatic rings. The first-order valence-electron chi connectivity index (χ1n) is 13.5. The van der Waals surface area contributed by atoms with Crippen LogP contribution in [0.4, 0.5) is 5.69 Å². The van der Waals surface area contributed by atoms with E-state index in [4.69, 9.17) is 4.74 Å². The molecule has 1 heterocycles. The molecule has 0 spiro atoms. The Morgan fingerprint density at radius 1 is 0.907 bits per heavy atom. The number of likely N-dealkylation sites (N-methyl/N-ethyl adjacent to an activating group) is 2. The molecule has 0 aliphatic carbocycles. The van der Waals surface area contributed by atoms with Crippen LogP contribution in [0.15, 0.2) is 83.8 Å². The summed E-state index contributed by atoms with van der Waals surface area (Å²) in [6, 6.07) is 21.1. The average Bonchev–Trinajstić information content (AvgIpc) is 3.44. The van der Waals surface area contributed by atoms with E-state index in [0.29, 0.717) is 11.3 Å². The van der Waals surface area contributed by atoms with Crippen LogP contribution in [0.25, 0.3) is 11.1 Å². The number of carbonyl (C=O) groups excluding carboxylic acids is 4. The van der Waals surface area contributed by atoms with Crippen molar-refractivity contribution in [2.24, 2.45) is 0 Å². The summed E-state index contributed by atoms with van der Waals surface area (Å²) < 4.78 is 33.5. The summed E-state index contributed by atoms with van der Waals surface area (Å²) in [5, 5.41) is -0.587. The lowest BCUT2D eigenvalue weighted by Gasteiger charge is -2.28. The number of esters is 1. The van der Waals surface area contributed by atoms with E-state index in [9.17, 15) is 27.6 Å². The van der Waals surface area contributed by atoms with Crippen molar-refractivity contribution in [3.8, 4) is 11.1 Å². The fourth-order valence-electron chi connectivity index (χ4n) is 4.89. The minimum Gasteiger partial charge on any atom is -0.465 e. The van der Waals surface area contributed by atoms with Gasteiger partial charge in [-0.2, -0.15) is 4.31 Å². The number of amides is 2. The molecular formula is C31H33N3O7S2. The highest BCUT2D eigenvalue weighted by Gasteiger charge is 2.45. The molecular weight excluding hydrogens is 590 g/mol. The van der Waals surface area contributed by atoms with Crippen LogP contribution in [0.1, 0.15) is 23.7 Å². The number of rotatable bonds is 9. The van der Waals surface area contributed by atoms with Gasteiger partial charge >= 0.3 is 5.97 Å². The summed E-state index contributed by atoms with van der Waals surface area (Å²) in [5.41, 5.74) is 2.62. The molecule has 10 nitrogen and oxygen atoms in total. The van der Waals surface area contributed by atoms with Crippen molar-refractivity contribution in [2.45, 2.75) is 29.5 Å². The minimum atomic E-state index is -4.11. The fourth-order valence-corrected chi connectivity index (χ4v) is 7.60. The summed E-state index contributed by atoms with van der Waals surface area (Å²) in [4.78, 5) is 52.9. The SMILES string of the molecule is COC(=O)c1ccc(N(C)C(=O)CN(C)C(=O)[C@@H]2C[C@@H](SC(C)=O)CN2S(=O)(=O)c2ccc(-c3ccccc3)cc2)cc1. The Labute approximate surface area is 255 Å². The van der Waals surface area contributed by atoms with Gasteiger partial charge in [0.05, 0.1) is 24.1 Å². The lowest BCUT2D eigenvalue weighted by molar-refractivity contribution is -0.136. The quantitative estimate of drug-likeness (QED) is 0.331. The smallest absolute Gasteiger partial charge is 0.337 e. The second kappa shape index (κ2) is 13.5. The van der Waals surface area contributed by atoms with E-state index < -0.39 is 39.1 Å². The lowest BCUT2D eigenvalue weighted by Crippen LogP contribution is -2.49. The van der Waals surface area contributed by atoms with Crippen molar-refractivity contribution in [3.63, 3.8) is 0 Å². The molecule has 43 heavy (non-hydrogen) atoms. The van der Waals surface area contributed by atoms with Gasteiger partial charge < -0.3 is 14.5 Å². The van der Waals surface area contributed by atoms with E-state index in [2.05, 4.69) is 0 Å². The summed E-state index contributed by atoms with van der Waals surface area (Å²) in [5.74, 6) is -1.46. The maximum absolute atomic E-state index is 13.8. The van der Waals surface area contributed by atoms with Gasteiger partial charge in [0.2, 0.25) is 21.8 Å². The Morgan fingerprint density at radius 2 is 1.51 bits per heavy atom. The second-order valence-electron chi connectivity index (χ2n) is 10.1. The third-order valence-corrected chi connectivity index (χ3v) is 10.1. The van der Waals surface area contributed by atoms with Crippen molar-refractivity contribution < 1.29 is 32.3 Å². The topological polar surface area (TPSA) is 121 Å². The number of hydrogen-bond acceptors (Lipinski definition) is 8. The second-order valence-corrected chi connectivity index (χ2v) is 13.5. The lowest BCUT2D eigenvalue weighted by atomic mass is 10.1. The largest absolute Gasteiger partial charge is 0.465 e. The number of nitrogens with zero attached hydrogens (tertiary/aromatic N) is 3. The maximum Gasteiger partial charge on any atom is 0.337 e. The highest BCUT2D eigenvalue weighted by Crippen LogP contribution is 2.34. The normalized spacial score (nSPS) is 16.8. The van der Waals surface area contributed by atoms with Crippen LogP contribution in [-0.2, 0) is 29.1 Å². The zero-order chi connectivity index (χ0) is 31.3. The van der Waals surface area contributed by atoms with Crippen LogP contribution in [0.5, 0.6) is 0 Å². The van der Waals surface area contributed by atoms with Crippen LogP contribution in [-0.4, -0.2) is 86.1 Å². The van der Waals surface area contributed by atoms with E-state index in [-0.39, 0.29) is 29.5 Å². The maximum atomic E-state index is 13.8. The molecule has 0 unspecified atom stereocenters. The van der Waals surface area contributed by atoms with E-state index in [1.54, 1.807) is 31.3 Å². The van der Waals surface area contributed by atoms with E-state index in [1.165, 1.54) is 55.1 Å². The molecule has 2 amide bonds. The molecule has 0 aromatic heterocycles. The summed E-state index contributed by atoms with van der Waals surface area (Å²) in [6.45, 7) is 1.08. The molecule has 12 heteroatoms. The molecule has 4 rings (SSSR count). The summed E-state index contributed by atoms with van der Waals surface area (Å²) in [6.07, 6.45) is 0.133. The van der Waals surface area contributed by atoms with Crippen molar-refractivity contribution in [2.75, 3.05) is 39.2 Å². The monoisotopic (exact) mass is 623 g/mol. The molecule has 0 N–H and O–H groups in total. The van der Waals surface area contributed by atoms with Crippen LogP contribution < -0.4 is 4.90 Å². The molecule has 1 aliphatic heterocycles. The van der Waals surface area contributed by atoms with Crippen LogP contribution in [0.3, 0.4) is 0 Å². The zero-order valence-corrected chi connectivity index (χ0v) is 25.9. The highest BCUT2D eigenvalue weighted by molar-refractivity contribution is 8.14. The molecule has 2 atom stereocenters. The number of anilines is 1. The number of ether oxygens (including phenoxy) is 1. The fraction of sp³-hybridized carbons (Fsp3) is 0.290. The highest BCUT2D eigenvalue weighted by atomic mass is 32.2. The van der Waals surface area contributed by atoms with Crippen molar-refractivity contribution >= 4 is 50.4 Å². The Morgan fingerprint density at radius 3 is 2.09 bits per heavy atom. The van der Waals surface area contributed by atoms with Gasteiger partial charge in [0, 0.05) is 38.5 Å². The van der Waals surface area contributed by atoms with Gasteiger partial charge in [-0.15, -0.1) is 0 Å². The summed E-state index contributed by atoms with van der Waals surface area (Å²) in [7, 11) is 0.153. The molecule has 226 valence electrons. The van der Waals surface area contributed by atoms with E-state index in [0.717, 1.165) is 27.2 Å². The predicted octanol–water partition coefficient (Wildman–Crippen LogP) is 3.67. The molecule has 1 fully saturated rings. The molecule has 0 radical (unpaired) electrons. The van der Waals surface area contributed by atoms with Gasteiger partial charge in [-0.05, 0) is 53.9 Å². The van der Waals surface area contributed by atoms with Gasteiger partial charge in [-0.25, -0.2) is 13.2 Å². The number of thioether (sulfide) groups is 1. The third-order valence-electron chi connectivity index (χ3n) is 7.20. The van der Waals surface area contributed by atoms with Gasteiger partial charge in [-0.1, -0.05) is 54.2 Å². The Bertz CT molecular complexity index is 1590. The van der Waals surface area contributed by atoms with Crippen LogP contribution >= 0.6 is 11.8 Å². The minimum absolute atomic E-state index is 0.0162. The molecule has 3 aromatic carbocycles. The number of methoxy groups -OCH3 is 1. The molecule has 1 aliphatic rings. The standard InChI is InChI=1S/C31H33N3O7S2/c1-21(35)42-26-18-28(30(37)32(2)20-29(36)33(3)25-14-10-24(11-15-25)31(38)41-4)34(19-26)43(39,40)27-16-12-23(13-17-27)22-8-6-5-7-9-22/h5-17,26,28H,18-20H2,1-4H3/t26-,28+/m1/s1. The van der Waals surface area contributed by atoms with Crippen LogP contribution in [0, 0.1) is 0 Å². The molecule has 0 bridgehead atoms. The summed E-state index contributed by atoms with van der Waals surface area (Å²) >= 11 is 1.01. The number of benzene rings is 3. The van der Waals surface area contributed by atoms with Crippen molar-refractivity contribution in [3.05, 3.63) is 84.4 Å². The third kappa shape index (κ3) is 7.32. The van der Waals surface area contributed by atoms with Gasteiger partial charge in [-0.3, -0.25) is 14.4 Å². The zero-order valence-electron chi connectivity index (χ0n) is 24.3. The number of hydrogen-bond donors (Lipinski definition) is 0. The first-order chi connectivity index (χ1) is 20.4.